The summed E-state index contributed by atoms with van der Waals surface area (Å²) in [6.45, 7) is 3.02. The second-order valence-corrected chi connectivity index (χ2v) is 7.56. The fourth-order valence-electron chi connectivity index (χ4n) is 3.40. The number of hydrogen-bond acceptors (Lipinski definition) is 6. The van der Waals surface area contributed by atoms with Crippen molar-refractivity contribution in [2.24, 2.45) is 0 Å². The number of benzene rings is 2. The molecule has 2 aromatic heterocycles. The zero-order chi connectivity index (χ0) is 23.2. The molecule has 4 rings (SSSR count). The Morgan fingerprint density at radius 1 is 1.09 bits per heavy atom. The fourth-order valence-corrected chi connectivity index (χ4v) is 3.40. The van der Waals surface area contributed by atoms with Gasteiger partial charge in [0.1, 0.15) is 11.7 Å². The molecule has 1 amide bonds. The van der Waals surface area contributed by atoms with Crippen LogP contribution in [0.2, 0.25) is 0 Å². The van der Waals surface area contributed by atoms with E-state index in [9.17, 15) is 9.59 Å². The maximum atomic E-state index is 12.8. The van der Waals surface area contributed by atoms with Gasteiger partial charge in [0, 0.05) is 6.54 Å². The molecule has 0 radical (unpaired) electrons. The van der Waals surface area contributed by atoms with Gasteiger partial charge >= 0.3 is 0 Å². The molecule has 0 atom stereocenters. The van der Waals surface area contributed by atoms with Crippen LogP contribution in [-0.2, 0) is 17.9 Å². The molecule has 0 bridgehead atoms. The molecule has 0 aliphatic heterocycles. The lowest BCUT2D eigenvalue weighted by Crippen LogP contribution is -2.32. The van der Waals surface area contributed by atoms with Gasteiger partial charge in [0.05, 0.1) is 26.4 Å². The predicted molar refractivity (Wildman–Crippen MR) is 124 cm³/mol. The van der Waals surface area contributed by atoms with Crippen LogP contribution in [0.1, 0.15) is 11.1 Å². The highest BCUT2D eigenvalue weighted by atomic mass is 16.5. The van der Waals surface area contributed by atoms with E-state index >= 15 is 0 Å². The van der Waals surface area contributed by atoms with Crippen molar-refractivity contribution in [2.75, 3.05) is 20.3 Å². The zero-order valence-electron chi connectivity index (χ0n) is 18.5. The number of hydrogen-bond donors (Lipinski definition) is 1. The molecule has 0 aliphatic rings. The number of nitrogens with zero attached hydrogens (tertiary/aromatic N) is 4. The van der Waals surface area contributed by atoms with Gasteiger partial charge in [0.25, 0.3) is 11.5 Å². The van der Waals surface area contributed by atoms with E-state index in [1.165, 1.54) is 18.1 Å². The summed E-state index contributed by atoms with van der Waals surface area (Å²) in [7, 11) is 1.54. The zero-order valence-corrected chi connectivity index (χ0v) is 18.5. The van der Waals surface area contributed by atoms with Crippen molar-refractivity contribution in [1.29, 1.82) is 0 Å². The average Bonchev–Trinajstić information content (AvgIpc) is 3.25. The van der Waals surface area contributed by atoms with E-state index in [0.717, 1.165) is 5.56 Å². The number of carbonyl (C=O) groups excluding carboxylic acids is 1. The second kappa shape index (κ2) is 9.99. The van der Waals surface area contributed by atoms with Crippen LogP contribution >= 0.6 is 0 Å². The molecule has 33 heavy (non-hydrogen) atoms. The number of carbonyl (C=O) groups is 1. The first-order valence-corrected chi connectivity index (χ1v) is 10.5. The smallest absolute Gasteiger partial charge is 0.264 e. The number of ether oxygens (including phenoxy) is 2. The first-order valence-electron chi connectivity index (χ1n) is 10.5. The summed E-state index contributed by atoms with van der Waals surface area (Å²) in [5.41, 5.74) is 2.52. The minimum atomic E-state index is -0.272. The van der Waals surface area contributed by atoms with Crippen molar-refractivity contribution in [1.82, 2.24) is 24.6 Å². The van der Waals surface area contributed by atoms with E-state index in [1.807, 2.05) is 37.3 Å². The third-order valence-corrected chi connectivity index (χ3v) is 5.17. The molecule has 0 saturated heterocycles. The van der Waals surface area contributed by atoms with Gasteiger partial charge in [-0.05, 0) is 24.6 Å². The van der Waals surface area contributed by atoms with Crippen molar-refractivity contribution < 1.29 is 14.3 Å². The Morgan fingerprint density at radius 2 is 1.85 bits per heavy atom. The Labute approximate surface area is 190 Å². The van der Waals surface area contributed by atoms with E-state index in [2.05, 4.69) is 15.4 Å². The third-order valence-electron chi connectivity index (χ3n) is 5.17. The van der Waals surface area contributed by atoms with Crippen LogP contribution in [-0.4, -0.2) is 45.5 Å². The van der Waals surface area contributed by atoms with Crippen LogP contribution in [0, 0.1) is 6.92 Å². The van der Waals surface area contributed by atoms with Crippen LogP contribution in [0.5, 0.6) is 11.5 Å². The van der Waals surface area contributed by atoms with Crippen molar-refractivity contribution in [3.63, 3.8) is 0 Å². The lowest BCUT2D eigenvalue weighted by Gasteiger charge is -2.10. The molecule has 0 unspecified atom stereocenters. The van der Waals surface area contributed by atoms with Crippen LogP contribution in [0.3, 0.4) is 0 Å². The number of aromatic nitrogens is 4. The molecule has 0 fully saturated rings. The molecule has 170 valence electrons. The largest absolute Gasteiger partial charge is 0.493 e. The quantitative estimate of drug-likeness (QED) is 0.422. The Hall–Kier alpha value is -4.14. The summed E-state index contributed by atoms with van der Waals surface area (Å²) < 4.78 is 13.9. The first kappa shape index (κ1) is 22.1. The maximum absolute atomic E-state index is 12.8. The van der Waals surface area contributed by atoms with Gasteiger partial charge in [-0.25, -0.2) is 9.67 Å². The van der Waals surface area contributed by atoms with E-state index in [-0.39, 0.29) is 18.1 Å². The highest BCUT2D eigenvalue weighted by Gasteiger charge is 2.11. The number of amides is 1. The van der Waals surface area contributed by atoms with Crippen LogP contribution in [0.25, 0.3) is 11.0 Å². The van der Waals surface area contributed by atoms with E-state index in [0.29, 0.717) is 42.2 Å². The van der Waals surface area contributed by atoms with Gasteiger partial charge in [0.15, 0.2) is 23.8 Å². The van der Waals surface area contributed by atoms with Gasteiger partial charge in [-0.3, -0.25) is 14.2 Å². The standard InChI is InChI=1S/C24H25N5O4/c1-17-7-9-18(10-8-17)14-28-16-26-23-19(24(28)31)13-27-29(23)12-11-25-22(30)15-33-21-6-4-3-5-20(21)32-2/h3-10,13,16H,11-12,14-15H2,1-2H3,(H,25,30). The molecule has 4 aromatic rings. The summed E-state index contributed by atoms with van der Waals surface area (Å²) in [6, 6.07) is 15.1. The predicted octanol–water partition coefficient (Wildman–Crippen LogP) is 2.15. The maximum Gasteiger partial charge on any atom is 0.264 e. The second-order valence-electron chi connectivity index (χ2n) is 7.56. The minimum Gasteiger partial charge on any atom is -0.493 e. The monoisotopic (exact) mass is 447 g/mol. The van der Waals surface area contributed by atoms with Crippen LogP contribution < -0.4 is 20.3 Å². The molecular formula is C24H25N5O4. The SMILES string of the molecule is COc1ccccc1OCC(=O)NCCn1ncc2c(=O)n(Cc3ccc(C)cc3)cnc21. The van der Waals surface area contributed by atoms with Crippen molar-refractivity contribution in [2.45, 2.75) is 20.0 Å². The number of rotatable bonds is 9. The Morgan fingerprint density at radius 3 is 2.61 bits per heavy atom. The van der Waals surface area contributed by atoms with Gasteiger partial charge in [-0.2, -0.15) is 5.10 Å². The molecular weight excluding hydrogens is 422 g/mol. The Bertz CT molecular complexity index is 1310. The summed E-state index contributed by atoms with van der Waals surface area (Å²) in [4.78, 5) is 29.4. The van der Waals surface area contributed by atoms with Gasteiger partial charge in [0.2, 0.25) is 0 Å². The number of para-hydroxylation sites is 2. The van der Waals surface area contributed by atoms with Crippen molar-refractivity contribution in [3.8, 4) is 11.5 Å². The van der Waals surface area contributed by atoms with E-state index in [1.54, 1.807) is 34.6 Å². The number of nitrogens with one attached hydrogen (secondary N) is 1. The van der Waals surface area contributed by atoms with Gasteiger partial charge in [-0.1, -0.05) is 42.0 Å². The number of aryl methyl sites for hydroxylation is 1. The molecule has 1 N–H and O–H groups in total. The first-order chi connectivity index (χ1) is 16.0. The van der Waals surface area contributed by atoms with E-state index < -0.39 is 0 Å². The Balaban J connectivity index is 1.34. The van der Waals surface area contributed by atoms with E-state index in [4.69, 9.17) is 9.47 Å². The molecule has 2 aromatic carbocycles. The number of methoxy groups -OCH3 is 1. The normalized spacial score (nSPS) is 10.8. The number of fused-ring (bicyclic) bond motifs is 1. The third kappa shape index (κ3) is 5.20. The topological polar surface area (TPSA) is 100 Å². The summed E-state index contributed by atoms with van der Waals surface area (Å²) in [5.74, 6) is 0.789. The molecule has 0 spiro atoms. The lowest BCUT2D eigenvalue weighted by atomic mass is 10.1. The van der Waals surface area contributed by atoms with Crippen LogP contribution in [0.15, 0.2) is 65.8 Å². The molecule has 2 heterocycles. The minimum absolute atomic E-state index is 0.137. The van der Waals surface area contributed by atoms with Crippen molar-refractivity contribution >= 4 is 16.9 Å². The van der Waals surface area contributed by atoms with Crippen LogP contribution in [0.4, 0.5) is 0 Å². The van der Waals surface area contributed by atoms with Gasteiger partial charge in [-0.15, -0.1) is 0 Å². The molecule has 0 saturated carbocycles. The average molecular weight is 447 g/mol. The molecule has 9 heteroatoms. The Kier molecular flexibility index (Phi) is 6.68. The fraction of sp³-hybridized carbons (Fsp3) is 0.250. The lowest BCUT2D eigenvalue weighted by molar-refractivity contribution is -0.123. The summed E-state index contributed by atoms with van der Waals surface area (Å²) >= 11 is 0. The van der Waals surface area contributed by atoms with Crippen molar-refractivity contribution in [3.05, 3.63) is 82.5 Å². The van der Waals surface area contributed by atoms with Gasteiger partial charge < -0.3 is 14.8 Å². The highest BCUT2D eigenvalue weighted by molar-refractivity contribution is 5.77. The molecule has 0 aliphatic carbocycles. The summed E-state index contributed by atoms with van der Waals surface area (Å²) in [6.07, 6.45) is 3.05. The summed E-state index contributed by atoms with van der Waals surface area (Å²) in [5, 5.41) is 7.49. The highest BCUT2D eigenvalue weighted by Crippen LogP contribution is 2.25. The molecule has 9 nitrogen and oxygen atoms in total.